The molecule has 0 saturated carbocycles. The Labute approximate surface area is 170 Å². The molecule has 0 aromatic heterocycles. The second-order valence-corrected chi connectivity index (χ2v) is 7.14. The summed E-state index contributed by atoms with van der Waals surface area (Å²) in [6, 6.07) is 13.1. The van der Waals surface area contributed by atoms with Crippen molar-refractivity contribution in [1.82, 2.24) is 10.6 Å². The van der Waals surface area contributed by atoms with Crippen molar-refractivity contribution in [3.05, 3.63) is 65.7 Å². The number of hydrogen-bond donors (Lipinski definition) is 3. The first-order valence-corrected chi connectivity index (χ1v) is 10.0. The molecule has 0 radical (unpaired) electrons. The van der Waals surface area contributed by atoms with Crippen LogP contribution in [0.3, 0.4) is 0 Å². The highest BCUT2D eigenvalue weighted by atomic mass is 19.1. The van der Waals surface area contributed by atoms with Crippen LogP contribution < -0.4 is 15.5 Å². The van der Waals surface area contributed by atoms with E-state index in [9.17, 15) is 13.9 Å². The summed E-state index contributed by atoms with van der Waals surface area (Å²) in [5.74, 6) is -0.0531. The second-order valence-electron chi connectivity index (χ2n) is 7.14. The Kier molecular flexibility index (Phi) is 7.41. The standard InChI is InChI=1S/C22H28F2N4O/c1-2-25-22(26-15-21(29)19-8-3-4-9-20(19)24)27-17-10-12-28(13-11-17)18-7-5-6-16(23)14-18/h3-9,14,17,21,29H,2,10-13,15H2,1H3,(H2,25,26,27). The maximum absolute atomic E-state index is 13.8. The molecule has 0 spiro atoms. The van der Waals surface area contributed by atoms with E-state index in [0.717, 1.165) is 31.6 Å². The van der Waals surface area contributed by atoms with Crippen molar-refractivity contribution >= 4 is 11.6 Å². The van der Waals surface area contributed by atoms with Crippen LogP contribution in [0, 0.1) is 11.6 Å². The molecule has 1 heterocycles. The average molecular weight is 402 g/mol. The number of guanidine groups is 1. The highest BCUT2D eigenvalue weighted by Crippen LogP contribution is 2.21. The third-order valence-electron chi connectivity index (χ3n) is 5.04. The van der Waals surface area contributed by atoms with Gasteiger partial charge in [0.2, 0.25) is 0 Å². The molecule has 1 aliphatic heterocycles. The topological polar surface area (TPSA) is 59.9 Å². The lowest BCUT2D eigenvalue weighted by atomic mass is 10.0. The molecule has 1 unspecified atom stereocenters. The van der Waals surface area contributed by atoms with Crippen molar-refractivity contribution in [3.8, 4) is 0 Å². The number of rotatable bonds is 6. The lowest BCUT2D eigenvalue weighted by molar-refractivity contribution is 0.182. The Morgan fingerprint density at radius 2 is 1.93 bits per heavy atom. The van der Waals surface area contributed by atoms with Crippen LogP contribution in [0.15, 0.2) is 53.5 Å². The predicted molar refractivity (Wildman–Crippen MR) is 112 cm³/mol. The first kappa shape index (κ1) is 21.0. The van der Waals surface area contributed by atoms with Crippen LogP contribution in [-0.2, 0) is 0 Å². The lowest BCUT2D eigenvalue weighted by Crippen LogP contribution is -2.49. The summed E-state index contributed by atoms with van der Waals surface area (Å²) in [5.41, 5.74) is 1.15. The van der Waals surface area contributed by atoms with E-state index in [1.165, 1.54) is 12.1 Å². The summed E-state index contributed by atoms with van der Waals surface area (Å²) in [6.07, 6.45) is 0.773. The van der Waals surface area contributed by atoms with Crippen molar-refractivity contribution in [2.45, 2.75) is 31.9 Å². The van der Waals surface area contributed by atoms with Crippen molar-refractivity contribution in [2.75, 3.05) is 31.1 Å². The van der Waals surface area contributed by atoms with Gasteiger partial charge in [-0.2, -0.15) is 0 Å². The first-order chi connectivity index (χ1) is 14.1. The Balaban J connectivity index is 1.55. The fourth-order valence-electron chi connectivity index (χ4n) is 3.49. The number of benzene rings is 2. The van der Waals surface area contributed by atoms with E-state index in [4.69, 9.17) is 0 Å². The third-order valence-corrected chi connectivity index (χ3v) is 5.04. The molecule has 3 rings (SSSR count). The molecule has 0 amide bonds. The molecular weight excluding hydrogens is 374 g/mol. The number of nitrogens with one attached hydrogen (secondary N) is 2. The van der Waals surface area contributed by atoms with Gasteiger partial charge in [0, 0.05) is 36.9 Å². The van der Waals surface area contributed by atoms with E-state index in [0.29, 0.717) is 12.5 Å². The Hall–Kier alpha value is -2.67. The van der Waals surface area contributed by atoms with E-state index < -0.39 is 11.9 Å². The molecule has 1 saturated heterocycles. The Morgan fingerprint density at radius 3 is 2.62 bits per heavy atom. The second kappa shape index (κ2) is 10.2. The van der Waals surface area contributed by atoms with Gasteiger partial charge < -0.3 is 20.6 Å². The van der Waals surface area contributed by atoms with Gasteiger partial charge in [0.15, 0.2) is 5.96 Å². The quantitative estimate of drug-likeness (QED) is 0.513. The molecule has 1 fully saturated rings. The largest absolute Gasteiger partial charge is 0.386 e. The zero-order valence-electron chi connectivity index (χ0n) is 16.6. The number of aliphatic hydroxyl groups is 1. The molecule has 7 heteroatoms. The molecule has 2 aromatic rings. The van der Waals surface area contributed by atoms with E-state index in [1.54, 1.807) is 30.3 Å². The molecule has 0 aliphatic carbocycles. The average Bonchev–Trinajstić information content (AvgIpc) is 2.73. The number of anilines is 1. The van der Waals surface area contributed by atoms with E-state index in [2.05, 4.69) is 20.5 Å². The first-order valence-electron chi connectivity index (χ1n) is 10.0. The normalized spacial score (nSPS) is 16.6. The van der Waals surface area contributed by atoms with Crippen LogP contribution in [0.25, 0.3) is 0 Å². The maximum Gasteiger partial charge on any atom is 0.191 e. The number of nitrogens with zero attached hydrogens (tertiary/aromatic N) is 2. The number of aliphatic hydroxyl groups excluding tert-OH is 1. The van der Waals surface area contributed by atoms with Crippen LogP contribution >= 0.6 is 0 Å². The minimum absolute atomic E-state index is 0.0679. The van der Waals surface area contributed by atoms with Gasteiger partial charge in [-0.25, -0.2) is 8.78 Å². The van der Waals surface area contributed by atoms with Gasteiger partial charge in [0.05, 0.1) is 6.54 Å². The summed E-state index contributed by atoms with van der Waals surface area (Å²) in [6.45, 7) is 4.36. The monoisotopic (exact) mass is 402 g/mol. The lowest BCUT2D eigenvalue weighted by Gasteiger charge is -2.34. The van der Waals surface area contributed by atoms with Crippen LogP contribution in [0.5, 0.6) is 0 Å². The van der Waals surface area contributed by atoms with Gasteiger partial charge in [-0.15, -0.1) is 0 Å². The zero-order chi connectivity index (χ0) is 20.6. The fraction of sp³-hybridized carbons (Fsp3) is 0.409. The Morgan fingerprint density at radius 1 is 1.17 bits per heavy atom. The van der Waals surface area contributed by atoms with Gasteiger partial charge in [-0.05, 0) is 44.0 Å². The molecule has 5 nitrogen and oxygen atoms in total. The number of hydrogen-bond acceptors (Lipinski definition) is 3. The van der Waals surface area contributed by atoms with Crippen LogP contribution in [0.2, 0.25) is 0 Å². The van der Waals surface area contributed by atoms with E-state index >= 15 is 0 Å². The summed E-state index contributed by atoms with van der Waals surface area (Å²) in [7, 11) is 0. The summed E-state index contributed by atoms with van der Waals surface area (Å²) < 4.78 is 27.3. The number of piperidine rings is 1. The summed E-state index contributed by atoms with van der Waals surface area (Å²) >= 11 is 0. The van der Waals surface area contributed by atoms with Crippen LogP contribution in [0.1, 0.15) is 31.4 Å². The molecule has 29 heavy (non-hydrogen) atoms. The summed E-state index contributed by atoms with van der Waals surface area (Å²) in [4.78, 5) is 6.60. The molecular formula is C22H28F2N4O. The smallest absolute Gasteiger partial charge is 0.191 e. The van der Waals surface area contributed by atoms with Crippen molar-refractivity contribution < 1.29 is 13.9 Å². The molecule has 156 valence electrons. The minimum atomic E-state index is -0.999. The van der Waals surface area contributed by atoms with Gasteiger partial charge in [0.1, 0.15) is 17.7 Å². The molecule has 1 aliphatic rings. The Bertz CT molecular complexity index is 822. The van der Waals surface area contributed by atoms with Gasteiger partial charge in [0.25, 0.3) is 0 Å². The van der Waals surface area contributed by atoms with Crippen molar-refractivity contribution in [1.29, 1.82) is 0 Å². The maximum atomic E-state index is 13.8. The van der Waals surface area contributed by atoms with Crippen LogP contribution in [-0.4, -0.2) is 43.3 Å². The van der Waals surface area contributed by atoms with Crippen molar-refractivity contribution in [2.24, 2.45) is 4.99 Å². The van der Waals surface area contributed by atoms with Crippen LogP contribution in [0.4, 0.5) is 14.5 Å². The highest BCUT2D eigenvalue weighted by Gasteiger charge is 2.21. The van der Waals surface area contributed by atoms with Gasteiger partial charge in [-0.1, -0.05) is 24.3 Å². The SMILES string of the molecule is CCNC(=NCC(O)c1ccccc1F)NC1CCN(c2cccc(F)c2)CC1. The summed E-state index contributed by atoms with van der Waals surface area (Å²) in [5, 5.41) is 16.8. The third kappa shape index (κ3) is 5.90. The van der Waals surface area contributed by atoms with Gasteiger partial charge >= 0.3 is 0 Å². The molecule has 3 N–H and O–H groups in total. The zero-order valence-corrected chi connectivity index (χ0v) is 16.6. The molecule has 1 atom stereocenters. The number of halogens is 2. The molecule has 0 bridgehead atoms. The highest BCUT2D eigenvalue weighted by molar-refractivity contribution is 5.80. The van der Waals surface area contributed by atoms with Crippen molar-refractivity contribution in [3.63, 3.8) is 0 Å². The van der Waals surface area contributed by atoms with E-state index in [1.807, 2.05) is 13.0 Å². The van der Waals surface area contributed by atoms with Gasteiger partial charge in [-0.3, -0.25) is 4.99 Å². The predicted octanol–water partition coefficient (Wildman–Crippen LogP) is 3.22. The molecule has 2 aromatic carbocycles. The fourth-order valence-corrected chi connectivity index (χ4v) is 3.49. The minimum Gasteiger partial charge on any atom is -0.386 e. The number of aliphatic imine (C=N–C) groups is 1. The van der Waals surface area contributed by atoms with E-state index in [-0.39, 0.29) is 24.0 Å².